The van der Waals surface area contributed by atoms with Crippen molar-refractivity contribution in [3.05, 3.63) is 29.3 Å². The van der Waals surface area contributed by atoms with E-state index in [1.165, 1.54) is 0 Å². The van der Waals surface area contributed by atoms with Gasteiger partial charge in [0.25, 0.3) is 0 Å². The van der Waals surface area contributed by atoms with Crippen molar-refractivity contribution in [1.82, 2.24) is 10.6 Å². The number of urea groups is 1. The maximum absolute atomic E-state index is 11.9. The fraction of sp³-hybridized carbons (Fsp3) is 0.467. The largest absolute Gasteiger partial charge is 0.354 e. The second-order valence-corrected chi connectivity index (χ2v) is 4.86. The van der Waals surface area contributed by atoms with Crippen LogP contribution < -0.4 is 16.0 Å². The van der Waals surface area contributed by atoms with E-state index in [0.29, 0.717) is 6.54 Å². The van der Waals surface area contributed by atoms with Gasteiger partial charge in [-0.05, 0) is 44.4 Å². The zero-order chi connectivity index (χ0) is 15.1. The lowest BCUT2D eigenvalue weighted by Gasteiger charge is -2.15. The number of benzene rings is 1. The van der Waals surface area contributed by atoms with Crippen LogP contribution in [0, 0.1) is 13.8 Å². The number of nitrogens with one attached hydrogen (secondary N) is 3. The van der Waals surface area contributed by atoms with Crippen LogP contribution in [0.5, 0.6) is 0 Å². The van der Waals surface area contributed by atoms with Crippen LogP contribution in [0.4, 0.5) is 10.5 Å². The minimum absolute atomic E-state index is 0.178. The second-order valence-electron chi connectivity index (χ2n) is 4.86. The minimum Gasteiger partial charge on any atom is -0.354 e. The monoisotopic (exact) mass is 277 g/mol. The van der Waals surface area contributed by atoms with Crippen LogP contribution in [0.1, 0.15) is 31.4 Å². The maximum Gasteiger partial charge on any atom is 0.319 e. The predicted octanol–water partition coefficient (Wildman–Crippen LogP) is 2.34. The van der Waals surface area contributed by atoms with Gasteiger partial charge in [-0.3, -0.25) is 4.79 Å². The molecule has 0 heterocycles. The molecule has 0 saturated carbocycles. The summed E-state index contributed by atoms with van der Waals surface area (Å²) in [5.74, 6) is -0.178. The van der Waals surface area contributed by atoms with Crippen molar-refractivity contribution in [1.29, 1.82) is 0 Å². The van der Waals surface area contributed by atoms with E-state index in [2.05, 4.69) is 16.0 Å². The molecular weight excluding hydrogens is 254 g/mol. The Hall–Kier alpha value is -2.04. The molecule has 5 nitrogen and oxygen atoms in total. The molecule has 110 valence electrons. The molecule has 0 spiro atoms. The van der Waals surface area contributed by atoms with Crippen molar-refractivity contribution in [3.63, 3.8) is 0 Å². The molecule has 0 radical (unpaired) electrons. The first-order valence-corrected chi connectivity index (χ1v) is 6.87. The molecule has 3 N–H and O–H groups in total. The Balaban J connectivity index is 2.55. The van der Waals surface area contributed by atoms with Gasteiger partial charge in [0.05, 0.1) is 0 Å². The molecule has 0 unspecified atom stereocenters. The maximum atomic E-state index is 11.9. The van der Waals surface area contributed by atoms with Crippen LogP contribution >= 0.6 is 0 Å². The summed E-state index contributed by atoms with van der Waals surface area (Å²) in [5, 5.41) is 8.12. The van der Waals surface area contributed by atoms with Crippen LogP contribution in [0.2, 0.25) is 0 Å². The van der Waals surface area contributed by atoms with Gasteiger partial charge in [-0.2, -0.15) is 0 Å². The highest BCUT2D eigenvalue weighted by atomic mass is 16.2. The van der Waals surface area contributed by atoms with E-state index < -0.39 is 6.04 Å². The smallest absolute Gasteiger partial charge is 0.319 e. The van der Waals surface area contributed by atoms with Gasteiger partial charge < -0.3 is 16.0 Å². The normalized spacial score (nSPS) is 11.6. The minimum atomic E-state index is -0.563. The highest BCUT2D eigenvalue weighted by Gasteiger charge is 2.15. The quantitative estimate of drug-likeness (QED) is 0.773. The first-order valence-electron chi connectivity index (χ1n) is 6.87. The highest BCUT2D eigenvalue weighted by molar-refractivity contribution is 5.94. The molecule has 20 heavy (non-hydrogen) atoms. The Labute approximate surface area is 120 Å². The topological polar surface area (TPSA) is 70.2 Å². The summed E-state index contributed by atoms with van der Waals surface area (Å²) < 4.78 is 0. The summed E-state index contributed by atoms with van der Waals surface area (Å²) in [5.41, 5.74) is 2.88. The summed E-state index contributed by atoms with van der Waals surface area (Å²) in [7, 11) is 0. The highest BCUT2D eigenvalue weighted by Crippen LogP contribution is 2.17. The number of hydrogen-bond donors (Lipinski definition) is 3. The van der Waals surface area contributed by atoms with Gasteiger partial charge in [0.2, 0.25) is 5.91 Å². The Morgan fingerprint density at radius 1 is 1.25 bits per heavy atom. The molecule has 1 rings (SSSR count). The van der Waals surface area contributed by atoms with E-state index in [-0.39, 0.29) is 11.9 Å². The first kappa shape index (κ1) is 16.0. The third kappa shape index (κ3) is 4.57. The summed E-state index contributed by atoms with van der Waals surface area (Å²) >= 11 is 0. The van der Waals surface area contributed by atoms with E-state index in [9.17, 15) is 9.59 Å². The Morgan fingerprint density at radius 3 is 2.60 bits per heavy atom. The summed E-state index contributed by atoms with van der Waals surface area (Å²) in [6.07, 6.45) is 0.868. The Bertz CT molecular complexity index is 486. The van der Waals surface area contributed by atoms with Crippen molar-refractivity contribution >= 4 is 17.6 Å². The van der Waals surface area contributed by atoms with Crippen molar-refractivity contribution in [2.75, 3.05) is 11.9 Å². The molecule has 3 amide bonds. The molecule has 0 aromatic heterocycles. The summed E-state index contributed by atoms with van der Waals surface area (Å²) in [6.45, 7) is 8.18. The number of hydrogen-bond acceptors (Lipinski definition) is 2. The van der Waals surface area contributed by atoms with Crippen LogP contribution in [-0.4, -0.2) is 24.5 Å². The molecule has 1 aromatic carbocycles. The number of carbonyl (C=O) groups is 2. The average molecular weight is 277 g/mol. The van der Waals surface area contributed by atoms with Crippen molar-refractivity contribution in [3.8, 4) is 0 Å². The van der Waals surface area contributed by atoms with E-state index in [4.69, 9.17) is 0 Å². The van der Waals surface area contributed by atoms with Crippen molar-refractivity contribution in [2.45, 2.75) is 40.2 Å². The number of amides is 3. The summed E-state index contributed by atoms with van der Waals surface area (Å²) in [4.78, 5) is 23.5. The lowest BCUT2D eigenvalue weighted by Crippen LogP contribution is -2.46. The lowest BCUT2D eigenvalue weighted by atomic mass is 10.1. The zero-order valence-corrected chi connectivity index (χ0v) is 12.5. The number of aryl methyl sites for hydroxylation is 1. The molecule has 0 aliphatic rings. The molecule has 0 bridgehead atoms. The van der Waals surface area contributed by atoms with Gasteiger partial charge in [-0.15, -0.1) is 0 Å². The molecule has 5 heteroatoms. The predicted molar refractivity (Wildman–Crippen MR) is 80.8 cm³/mol. The third-order valence-corrected chi connectivity index (χ3v) is 3.14. The summed E-state index contributed by atoms with van der Waals surface area (Å²) in [6, 6.07) is 4.77. The molecule has 0 aliphatic heterocycles. The number of rotatable bonds is 5. The molecule has 0 fully saturated rings. The molecule has 1 aromatic rings. The van der Waals surface area contributed by atoms with Gasteiger partial charge >= 0.3 is 6.03 Å². The van der Waals surface area contributed by atoms with Crippen LogP contribution in [-0.2, 0) is 4.79 Å². The van der Waals surface area contributed by atoms with Crippen LogP contribution in [0.15, 0.2) is 18.2 Å². The van der Waals surface area contributed by atoms with Gasteiger partial charge in [0, 0.05) is 12.2 Å². The Morgan fingerprint density at radius 2 is 1.95 bits per heavy atom. The molecule has 0 aliphatic carbocycles. The fourth-order valence-corrected chi connectivity index (χ4v) is 1.71. The van der Waals surface area contributed by atoms with Crippen molar-refractivity contribution in [2.24, 2.45) is 0 Å². The SMILES string of the molecule is CCCNC(=O)[C@H](C)NC(=O)Nc1cccc(C)c1C. The second kappa shape index (κ2) is 7.53. The zero-order valence-electron chi connectivity index (χ0n) is 12.5. The van der Waals surface area contributed by atoms with Gasteiger partial charge in [-0.1, -0.05) is 19.1 Å². The van der Waals surface area contributed by atoms with E-state index in [1.807, 2.05) is 39.0 Å². The molecule has 1 atom stereocenters. The standard InChI is InChI=1S/C15H23N3O2/c1-5-9-16-14(19)12(4)17-15(20)18-13-8-6-7-10(2)11(13)3/h6-8,12H,5,9H2,1-4H3,(H,16,19)(H2,17,18,20)/t12-/m0/s1. The van der Waals surface area contributed by atoms with E-state index in [0.717, 1.165) is 23.2 Å². The fourth-order valence-electron chi connectivity index (χ4n) is 1.71. The first-order chi connectivity index (χ1) is 9.45. The van der Waals surface area contributed by atoms with Crippen LogP contribution in [0.3, 0.4) is 0 Å². The van der Waals surface area contributed by atoms with Crippen LogP contribution in [0.25, 0.3) is 0 Å². The lowest BCUT2D eigenvalue weighted by molar-refractivity contribution is -0.122. The van der Waals surface area contributed by atoms with E-state index >= 15 is 0 Å². The van der Waals surface area contributed by atoms with Crippen molar-refractivity contribution < 1.29 is 9.59 Å². The Kier molecular flexibility index (Phi) is 6.03. The number of anilines is 1. The third-order valence-electron chi connectivity index (χ3n) is 3.14. The molecule has 0 saturated heterocycles. The molecular formula is C15H23N3O2. The number of carbonyl (C=O) groups excluding carboxylic acids is 2. The van der Waals surface area contributed by atoms with E-state index in [1.54, 1.807) is 6.92 Å². The van der Waals surface area contributed by atoms with Gasteiger partial charge in [0.1, 0.15) is 6.04 Å². The van der Waals surface area contributed by atoms with Gasteiger partial charge in [0.15, 0.2) is 0 Å². The van der Waals surface area contributed by atoms with Gasteiger partial charge in [-0.25, -0.2) is 4.79 Å². The average Bonchev–Trinajstić information content (AvgIpc) is 2.41.